The largest absolute Gasteiger partial charge is 0.643 e. The van der Waals surface area contributed by atoms with Crippen molar-refractivity contribution >= 4 is 41.5 Å². The summed E-state index contributed by atoms with van der Waals surface area (Å²) in [6.45, 7) is 0. The maximum absolute atomic E-state index is 4.94. The Hall–Kier alpha value is 1.92. The van der Waals surface area contributed by atoms with Gasteiger partial charge in [-0.15, -0.1) is 0 Å². The van der Waals surface area contributed by atoms with Crippen molar-refractivity contribution in [3.8, 4) is 0 Å². The van der Waals surface area contributed by atoms with E-state index in [1.165, 1.54) is 0 Å². The molecule has 5 heteroatoms. The fraction of sp³-hybridized carbons (Fsp3) is 0. The van der Waals surface area contributed by atoms with Crippen LogP contribution in [0.25, 0.3) is 0 Å². The molecular formula is AlCl3Mn. The van der Waals surface area contributed by atoms with Crippen molar-refractivity contribution in [1.29, 1.82) is 0 Å². The van der Waals surface area contributed by atoms with E-state index < -0.39 is 11.4 Å². The smallest absolute Gasteiger partial charge is 0.214 e. The molecule has 0 aliphatic carbocycles. The van der Waals surface area contributed by atoms with Crippen LogP contribution in [0, 0.1) is 0 Å². The average molecular weight is 188 g/mol. The molecule has 0 aliphatic heterocycles. The van der Waals surface area contributed by atoms with Crippen molar-refractivity contribution in [3.63, 3.8) is 0 Å². The fourth-order valence-corrected chi connectivity index (χ4v) is 0. The van der Waals surface area contributed by atoms with Gasteiger partial charge in [-0.1, -0.05) is 0 Å². The van der Waals surface area contributed by atoms with E-state index in [-0.39, 0.29) is 17.1 Å². The van der Waals surface area contributed by atoms with E-state index >= 15 is 0 Å². The second-order valence-electron chi connectivity index (χ2n) is 0.247. The van der Waals surface area contributed by atoms with Crippen molar-refractivity contribution in [1.82, 2.24) is 0 Å². The molecule has 0 aromatic carbocycles. The summed E-state index contributed by atoms with van der Waals surface area (Å²) in [7, 11) is 14.8. The zero-order valence-corrected chi connectivity index (χ0v) is 6.69. The topological polar surface area (TPSA) is 0 Å². The van der Waals surface area contributed by atoms with Gasteiger partial charge in [0.1, 0.15) is 0 Å². The Labute approximate surface area is 58.2 Å². The van der Waals surface area contributed by atoms with E-state index in [1.54, 1.807) is 0 Å². The normalized spacial score (nSPS) is 5.40. The summed E-state index contributed by atoms with van der Waals surface area (Å²) >= 11 is -1.72. The van der Waals surface area contributed by atoms with Crippen LogP contribution in [0.3, 0.4) is 0 Å². The Kier molecular flexibility index (Phi) is 11.9. The Morgan fingerprint density at radius 3 is 1.00 bits per heavy atom. The standard InChI is InChI=1S/Al.3ClH.Mn/h;3*1H;/q+3;;;;/p-3. The summed E-state index contributed by atoms with van der Waals surface area (Å²) in [4.78, 5) is 0. The van der Waals surface area contributed by atoms with E-state index in [0.717, 1.165) is 0 Å². The molecule has 0 aromatic heterocycles. The van der Waals surface area contributed by atoms with Gasteiger partial charge in [0, 0.05) is 17.1 Å². The predicted octanol–water partition coefficient (Wildman–Crippen LogP) is 1.69. The SMILES string of the molecule is [Cl][Al]([Cl])[Cl].[Mn]. The van der Waals surface area contributed by atoms with Crippen LogP contribution in [0.4, 0.5) is 0 Å². The molecule has 0 bridgehead atoms. The first-order valence-electron chi connectivity index (χ1n) is 0.655. The van der Waals surface area contributed by atoms with Gasteiger partial charge >= 0.3 is 11.4 Å². The third kappa shape index (κ3) is 24.7. The Balaban J connectivity index is 0. The maximum Gasteiger partial charge on any atom is 0.643 e. The van der Waals surface area contributed by atoms with Crippen molar-refractivity contribution in [3.05, 3.63) is 0 Å². The van der Waals surface area contributed by atoms with Crippen LogP contribution in [-0.2, 0) is 17.1 Å². The molecule has 0 aliphatic rings. The quantitative estimate of drug-likeness (QED) is 0.507. The number of rotatable bonds is 0. The molecule has 0 heterocycles. The minimum absolute atomic E-state index is 0. The van der Waals surface area contributed by atoms with Crippen molar-refractivity contribution in [2.45, 2.75) is 0 Å². The van der Waals surface area contributed by atoms with Gasteiger partial charge in [-0.3, -0.25) is 0 Å². The minimum atomic E-state index is -1.72. The molecule has 0 unspecified atom stereocenters. The first kappa shape index (κ1) is 10.0. The Morgan fingerprint density at radius 2 is 1.00 bits per heavy atom. The van der Waals surface area contributed by atoms with Gasteiger partial charge in [-0.2, -0.15) is 0 Å². The molecule has 0 N–H and O–H groups in total. The van der Waals surface area contributed by atoms with Crippen molar-refractivity contribution in [2.24, 2.45) is 0 Å². The van der Waals surface area contributed by atoms with E-state index in [9.17, 15) is 0 Å². The van der Waals surface area contributed by atoms with E-state index in [0.29, 0.717) is 0 Å². The van der Waals surface area contributed by atoms with Crippen LogP contribution < -0.4 is 0 Å². The summed E-state index contributed by atoms with van der Waals surface area (Å²) in [6.07, 6.45) is 0. The Bertz CT molecular complexity index is 11.6. The third-order valence-electron chi connectivity index (χ3n) is 0. The number of halogens is 3. The summed E-state index contributed by atoms with van der Waals surface area (Å²) in [6, 6.07) is 0. The van der Waals surface area contributed by atoms with Crippen molar-refractivity contribution < 1.29 is 17.1 Å². The molecule has 31 valence electrons. The molecule has 0 saturated carbocycles. The van der Waals surface area contributed by atoms with Gasteiger partial charge in [0.05, 0.1) is 0 Å². The first-order valence-corrected chi connectivity index (χ1v) is 5.89. The molecule has 0 atom stereocenters. The predicted molar refractivity (Wildman–Crippen MR) is 23.3 cm³/mol. The van der Waals surface area contributed by atoms with Gasteiger partial charge in [0.15, 0.2) is 0 Å². The van der Waals surface area contributed by atoms with Crippen LogP contribution in [0.15, 0.2) is 0 Å². The van der Waals surface area contributed by atoms with Gasteiger partial charge in [0.25, 0.3) is 0 Å². The zero-order valence-electron chi connectivity index (χ0n) is 2.09. The van der Waals surface area contributed by atoms with Crippen LogP contribution in [0.1, 0.15) is 0 Å². The number of hydrogen-bond donors (Lipinski definition) is 0. The third-order valence-corrected chi connectivity index (χ3v) is 0. The van der Waals surface area contributed by atoms with Crippen LogP contribution >= 0.6 is 30.1 Å². The molecule has 1 radical (unpaired) electrons. The average Bonchev–Trinajstić information content (AvgIpc) is 0.811. The molecule has 0 saturated heterocycles. The fourth-order valence-electron chi connectivity index (χ4n) is 0. The summed E-state index contributed by atoms with van der Waals surface area (Å²) in [5, 5.41) is 0. The van der Waals surface area contributed by atoms with Gasteiger partial charge < -0.3 is 0 Å². The molecule has 0 fully saturated rings. The molecule has 0 nitrogen and oxygen atoms in total. The second kappa shape index (κ2) is 5.92. The summed E-state index contributed by atoms with van der Waals surface area (Å²) < 4.78 is 0. The first-order chi connectivity index (χ1) is 1.73. The molecule has 0 spiro atoms. The summed E-state index contributed by atoms with van der Waals surface area (Å²) in [5.41, 5.74) is 0. The minimum Gasteiger partial charge on any atom is -0.214 e. The second-order valence-corrected chi connectivity index (χ2v) is 6.68. The summed E-state index contributed by atoms with van der Waals surface area (Å²) in [5.74, 6) is 0. The molecule has 0 aromatic rings. The van der Waals surface area contributed by atoms with Gasteiger partial charge in [-0.05, 0) is 0 Å². The van der Waals surface area contributed by atoms with Crippen LogP contribution in [-0.4, -0.2) is 11.4 Å². The van der Waals surface area contributed by atoms with Gasteiger partial charge in [0.2, 0.25) is 0 Å². The maximum atomic E-state index is 4.94. The zero-order chi connectivity index (χ0) is 3.58. The monoisotopic (exact) mass is 187 g/mol. The molecule has 0 amide bonds. The van der Waals surface area contributed by atoms with Crippen molar-refractivity contribution in [2.75, 3.05) is 0 Å². The van der Waals surface area contributed by atoms with E-state index in [2.05, 4.69) is 0 Å². The molecule has 0 rings (SSSR count). The Morgan fingerprint density at radius 1 is 1.00 bits per heavy atom. The van der Waals surface area contributed by atoms with E-state index in [1.807, 2.05) is 0 Å². The molecular weight excluding hydrogens is 188 g/mol. The van der Waals surface area contributed by atoms with Gasteiger partial charge in [-0.25, -0.2) is 30.1 Å². The van der Waals surface area contributed by atoms with Crippen LogP contribution in [0.5, 0.6) is 0 Å². The molecule has 5 heavy (non-hydrogen) atoms. The number of hydrogen-bond acceptors (Lipinski definition) is 0. The van der Waals surface area contributed by atoms with Crippen LogP contribution in [0.2, 0.25) is 0 Å². The van der Waals surface area contributed by atoms with E-state index in [4.69, 9.17) is 30.1 Å².